The van der Waals surface area contributed by atoms with Crippen LogP contribution in [0.25, 0.3) is 0 Å². The van der Waals surface area contributed by atoms with Gasteiger partial charge in [-0.3, -0.25) is 10.4 Å². The zero-order valence-electron chi connectivity index (χ0n) is 15.8. The van der Waals surface area contributed by atoms with Gasteiger partial charge in [-0.1, -0.05) is 13.8 Å². The molecule has 7 nitrogen and oxygen atoms in total. The lowest BCUT2D eigenvalue weighted by Gasteiger charge is -2.60. The summed E-state index contributed by atoms with van der Waals surface area (Å²) in [5.74, 6) is 1.15. The molecule has 2 aliphatic rings. The molecule has 3 atom stereocenters. The van der Waals surface area contributed by atoms with Gasteiger partial charge < -0.3 is 14.8 Å². The highest BCUT2D eigenvalue weighted by molar-refractivity contribution is 5.84. The van der Waals surface area contributed by atoms with Crippen molar-refractivity contribution < 1.29 is 14.3 Å². The van der Waals surface area contributed by atoms with Crippen LogP contribution in [-0.2, 0) is 16.0 Å². The van der Waals surface area contributed by atoms with E-state index in [-0.39, 0.29) is 5.41 Å². The largest absolute Gasteiger partial charge is 0.444 e. The molecule has 25 heavy (non-hydrogen) atoms. The number of amides is 1. The predicted molar refractivity (Wildman–Crippen MR) is 95.3 cm³/mol. The summed E-state index contributed by atoms with van der Waals surface area (Å²) in [5.41, 5.74) is 0.504. The van der Waals surface area contributed by atoms with E-state index in [1.165, 1.54) is 6.42 Å². The number of rotatable bonds is 4. The van der Waals surface area contributed by atoms with Crippen LogP contribution in [0.15, 0.2) is 6.20 Å². The standard InChI is InChI=1S/C18H30N4O3/c1-17(2,3)25-16(23)21-15-11(10-20-22-15)9-19-13-12-7-6-8-24-14(12)18(13,4)5/h10,12-14,19H,6-9H2,1-5H3,(H2,20,21,22,23). The van der Waals surface area contributed by atoms with Crippen LogP contribution in [-0.4, -0.2) is 40.6 Å². The molecule has 0 aromatic carbocycles. The van der Waals surface area contributed by atoms with E-state index in [0.29, 0.717) is 30.4 Å². The maximum Gasteiger partial charge on any atom is 0.413 e. The van der Waals surface area contributed by atoms with Gasteiger partial charge in [0.05, 0.1) is 12.3 Å². The maximum absolute atomic E-state index is 12.0. The molecule has 3 N–H and O–H groups in total. The molecule has 1 aliphatic carbocycles. The summed E-state index contributed by atoms with van der Waals surface area (Å²) >= 11 is 0. The zero-order valence-corrected chi connectivity index (χ0v) is 15.8. The molecule has 7 heteroatoms. The molecular weight excluding hydrogens is 320 g/mol. The smallest absolute Gasteiger partial charge is 0.413 e. The number of carbonyl (C=O) groups excluding carboxylic acids is 1. The Kier molecular flexibility index (Phi) is 4.81. The van der Waals surface area contributed by atoms with Crippen molar-refractivity contribution in [3.63, 3.8) is 0 Å². The Balaban J connectivity index is 1.58. The molecule has 2 fully saturated rings. The molecule has 3 rings (SSSR count). The van der Waals surface area contributed by atoms with Crippen LogP contribution in [0.4, 0.5) is 10.6 Å². The minimum absolute atomic E-state index is 0.119. The van der Waals surface area contributed by atoms with Gasteiger partial charge in [-0.05, 0) is 33.6 Å². The molecule has 0 radical (unpaired) electrons. The number of aromatic amines is 1. The van der Waals surface area contributed by atoms with E-state index < -0.39 is 11.7 Å². The Bertz CT molecular complexity index is 620. The lowest BCUT2D eigenvalue weighted by molar-refractivity contribution is -0.192. The second-order valence-corrected chi connectivity index (χ2v) is 8.67. The predicted octanol–water partition coefficient (Wildman–Crippen LogP) is 3.05. The number of aromatic nitrogens is 2. The molecule has 1 aliphatic heterocycles. The minimum atomic E-state index is -0.533. The number of H-pyrrole nitrogens is 1. The average Bonchev–Trinajstić information content (AvgIpc) is 2.92. The van der Waals surface area contributed by atoms with E-state index in [1.54, 1.807) is 6.20 Å². The second-order valence-electron chi connectivity index (χ2n) is 8.67. The van der Waals surface area contributed by atoms with Gasteiger partial charge in [-0.15, -0.1) is 0 Å². The second kappa shape index (κ2) is 6.61. The quantitative estimate of drug-likeness (QED) is 0.777. The first-order valence-electron chi connectivity index (χ1n) is 9.06. The molecule has 3 unspecified atom stereocenters. The highest BCUT2D eigenvalue weighted by Gasteiger charge is 2.57. The first-order chi connectivity index (χ1) is 11.7. The molecule has 1 amide bonds. The van der Waals surface area contributed by atoms with Gasteiger partial charge in [0, 0.05) is 36.1 Å². The lowest BCUT2D eigenvalue weighted by Crippen LogP contribution is -2.69. The summed E-state index contributed by atoms with van der Waals surface area (Å²) in [7, 11) is 0. The highest BCUT2D eigenvalue weighted by atomic mass is 16.6. The van der Waals surface area contributed by atoms with Crippen molar-refractivity contribution in [2.24, 2.45) is 11.3 Å². The number of anilines is 1. The normalized spacial score (nSPS) is 28.0. The third-order valence-corrected chi connectivity index (χ3v) is 5.19. The Morgan fingerprint density at radius 1 is 1.48 bits per heavy atom. The van der Waals surface area contributed by atoms with Crippen molar-refractivity contribution in [2.45, 2.75) is 71.8 Å². The van der Waals surface area contributed by atoms with Crippen LogP contribution >= 0.6 is 0 Å². The van der Waals surface area contributed by atoms with Gasteiger partial charge in [-0.25, -0.2) is 4.79 Å². The van der Waals surface area contributed by atoms with E-state index in [0.717, 1.165) is 18.6 Å². The number of hydrogen-bond donors (Lipinski definition) is 3. The molecule has 140 valence electrons. The number of nitrogens with one attached hydrogen (secondary N) is 3. The number of ether oxygens (including phenoxy) is 2. The van der Waals surface area contributed by atoms with Crippen molar-refractivity contribution in [1.29, 1.82) is 0 Å². The van der Waals surface area contributed by atoms with Crippen LogP contribution in [0.5, 0.6) is 0 Å². The van der Waals surface area contributed by atoms with Gasteiger partial charge >= 0.3 is 6.09 Å². The first kappa shape index (κ1) is 18.2. The Labute approximate surface area is 149 Å². The van der Waals surface area contributed by atoms with Crippen molar-refractivity contribution in [3.05, 3.63) is 11.8 Å². The summed E-state index contributed by atoms with van der Waals surface area (Å²) < 4.78 is 11.2. The fourth-order valence-electron chi connectivity index (χ4n) is 4.12. The molecular formula is C18H30N4O3. The SMILES string of the molecule is CC(C)(C)OC(=O)Nc1[nH]ncc1CNC1C2CCCOC2C1(C)C. The number of nitrogens with zero attached hydrogens (tertiary/aromatic N) is 1. The topological polar surface area (TPSA) is 88.3 Å². The summed E-state index contributed by atoms with van der Waals surface area (Å²) in [4.78, 5) is 12.0. The van der Waals surface area contributed by atoms with Crippen LogP contribution in [0, 0.1) is 11.3 Å². The van der Waals surface area contributed by atoms with Crippen LogP contribution in [0.2, 0.25) is 0 Å². The number of carbonyl (C=O) groups is 1. The number of fused-ring (bicyclic) bond motifs is 1. The molecule has 1 saturated carbocycles. The summed E-state index contributed by atoms with van der Waals surface area (Å²) in [6.07, 6.45) is 3.94. The fourth-order valence-corrected chi connectivity index (χ4v) is 4.12. The van der Waals surface area contributed by atoms with Gasteiger partial charge in [0.2, 0.25) is 0 Å². The van der Waals surface area contributed by atoms with Gasteiger partial charge in [0.15, 0.2) is 0 Å². The molecule has 1 saturated heterocycles. The Morgan fingerprint density at radius 2 is 2.24 bits per heavy atom. The molecule has 1 aromatic heterocycles. The van der Waals surface area contributed by atoms with E-state index in [4.69, 9.17) is 9.47 Å². The van der Waals surface area contributed by atoms with Crippen LogP contribution in [0.3, 0.4) is 0 Å². The highest BCUT2D eigenvalue weighted by Crippen LogP contribution is 2.51. The van der Waals surface area contributed by atoms with Crippen molar-refractivity contribution in [3.8, 4) is 0 Å². The monoisotopic (exact) mass is 350 g/mol. The van der Waals surface area contributed by atoms with Crippen molar-refractivity contribution in [2.75, 3.05) is 11.9 Å². The molecule has 2 heterocycles. The number of hydrogen-bond acceptors (Lipinski definition) is 5. The van der Waals surface area contributed by atoms with Crippen molar-refractivity contribution >= 4 is 11.9 Å². The van der Waals surface area contributed by atoms with Gasteiger partial charge in [0.1, 0.15) is 11.4 Å². The third-order valence-electron chi connectivity index (χ3n) is 5.19. The third kappa shape index (κ3) is 3.82. The van der Waals surface area contributed by atoms with Crippen molar-refractivity contribution in [1.82, 2.24) is 15.5 Å². The average molecular weight is 350 g/mol. The van der Waals surface area contributed by atoms with E-state index in [1.807, 2.05) is 20.8 Å². The summed E-state index contributed by atoms with van der Waals surface area (Å²) in [6.45, 7) is 11.5. The summed E-state index contributed by atoms with van der Waals surface area (Å²) in [5, 5.41) is 13.3. The van der Waals surface area contributed by atoms with Gasteiger partial charge in [0.25, 0.3) is 0 Å². The molecule has 1 aromatic rings. The van der Waals surface area contributed by atoms with E-state index in [2.05, 4.69) is 34.7 Å². The minimum Gasteiger partial charge on any atom is -0.444 e. The van der Waals surface area contributed by atoms with E-state index in [9.17, 15) is 4.79 Å². The van der Waals surface area contributed by atoms with Crippen LogP contribution < -0.4 is 10.6 Å². The van der Waals surface area contributed by atoms with E-state index >= 15 is 0 Å². The first-order valence-corrected chi connectivity index (χ1v) is 9.06. The lowest BCUT2D eigenvalue weighted by atomic mass is 9.55. The zero-order chi connectivity index (χ0) is 18.2. The fraction of sp³-hybridized carbons (Fsp3) is 0.778. The Morgan fingerprint density at radius 3 is 2.96 bits per heavy atom. The van der Waals surface area contributed by atoms with Crippen LogP contribution in [0.1, 0.15) is 53.0 Å². The summed E-state index contributed by atoms with van der Waals surface area (Å²) in [6, 6.07) is 0.405. The molecule has 0 bridgehead atoms. The Hall–Kier alpha value is -1.60. The molecule has 0 spiro atoms. The maximum atomic E-state index is 12.0. The van der Waals surface area contributed by atoms with Gasteiger partial charge in [-0.2, -0.15) is 5.10 Å².